The first-order valence-corrected chi connectivity index (χ1v) is 2.77. The van der Waals surface area contributed by atoms with Gasteiger partial charge in [-0.25, -0.2) is 0 Å². The molecule has 3 heteroatoms. The molecule has 1 rings (SSSR count). The molecular formula is C5H12N2O. The van der Waals surface area contributed by atoms with E-state index in [0.717, 1.165) is 6.54 Å². The number of ether oxygens (including phenoxy) is 1. The smallest absolute Gasteiger partial charge is 0.161 e. The molecule has 1 saturated heterocycles. The predicted molar refractivity (Wildman–Crippen MR) is 31.1 cm³/mol. The third-order valence-electron chi connectivity index (χ3n) is 1.17. The van der Waals surface area contributed by atoms with Crippen LogP contribution in [0.15, 0.2) is 0 Å². The van der Waals surface area contributed by atoms with E-state index in [1.54, 1.807) is 0 Å². The van der Waals surface area contributed by atoms with Crippen molar-refractivity contribution in [2.75, 3.05) is 6.54 Å². The number of hydrogen-bond acceptors (Lipinski definition) is 3. The maximum atomic E-state index is 5.38. The lowest BCUT2D eigenvalue weighted by Crippen LogP contribution is -2.31. The molecule has 0 aliphatic carbocycles. The molecule has 0 aromatic rings. The summed E-state index contributed by atoms with van der Waals surface area (Å²) < 4.78 is 5.22. The van der Waals surface area contributed by atoms with Crippen LogP contribution in [-0.2, 0) is 4.74 Å². The summed E-state index contributed by atoms with van der Waals surface area (Å²) >= 11 is 0. The van der Waals surface area contributed by atoms with Gasteiger partial charge in [0.25, 0.3) is 0 Å². The average Bonchev–Trinajstić information content (AvgIpc) is 1.82. The second-order valence-corrected chi connectivity index (χ2v) is 2.68. The molecule has 1 atom stereocenters. The van der Waals surface area contributed by atoms with Gasteiger partial charge in [-0.05, 0) is 13.8 Å². The van der Waals surface area contributed by atoms with Gasteiger partial charge in [-0.3, -0.25) is 11.1 Å². The van der Waals surface area contributed by atoms with E-state index in [9.17, 15) is 0 Å². The zero-order valence-corrected chi connectivity index (χ0v) is 5.27. The normalized spacial score (nSPS) is 35.6. The minimum atomic E-state index is -0.259. The van der Waals surface area contributed by atoms with Crippen LogP contribution in [0, 0.1) is 0 Å². The minimum Gasteiger partial charge on any atom is -0.343 e. The van der Waals surface area contributed by atoms with Crippen LogP contribution < -0.4 is 11.1 Å². The molecule has 0 amide bonds. The summed E-state index contributed by atoms with van der Waals surface area (Å²) in [6.45, 7) is 4.86. The average molecular weight is 116 g/mol. The van der Waals surface area contributed by atoms with Crippen LogP contribution in [0.3, 0.4) is 0 Å². The molecule has 0 aromatic heterocycles. The van der Waals surface area contributed by atoms with Crippen LogP contribution in [0.25, 0.3) is 0 Å². The number of nitrogens with two attached hydrogens (primary N) is 1. The molecule has 0 aromatic carbocycles. The second kappa shape index (κ2) is 1.69. The number of rotatable bonds is 0. The molecule has 0 saturated carbocycles. The van der Waals surface area contributed by atoms with Crippen molar-refractivity contribution < 1.29 is 4.74 Å². The first-order valence-electron chi connectivity index (χ1n) is 2.77. The Morgan fingerprint density at radius 1 is 1.75 bits per heavy atom. The van der Waals surface area contributed by atoms with Gasteiger partial charge in [0, 0.05) is 6.54 Å². The zero-order valence-electron chi connectivity index (χ0n) is 5.27. The molecule has 48 valence electrons. The molecule has 0 spiro atoms. The lowest BCUT2D eigenvalue weighted by molar-refractivity contribution is -0.0108. The van der Waals surface area contributed by atoms with Gasteiger partial charge in [0.05, 0.1) is 5.60 Å². The number of hydrogen-bond donors (Lipinski definition) is 2. The van der Waals surface area contributed by atoms with Crippen molar-refractivity contribution in [3.8, 4) is 0 Å². The van der Waals surface area contributed by atoms with Crippen molar-refractivity contribution in [1.82, 2.24) is 5.32 Å². The summed E-state index contributed by atoms with van der Waals surface area (Å²) in [5, 5.41) is 2.97. The molecule has 8 heavy (non-hydrogen) atoms. The molecule has 1 aliphatic rings. The minimum absolute atomic E-state index is 0.0700. The van der Waals surface area contributed by atoms with E-state index in [0.29, 0.717) is 0 Å². The molecule has 1 unspecified atom stereocenters. The largest absolute Gasteiger partial charge is 0.343 e. The Bertz CT molecular complexity index is 92.4. The van der Waals surface area contributed by atoms with Crippen molar-refractivity contribution in [2.24, 2.45) is 5.73 Å². The SMILES string of the molecule is CC1(C)CNC(N)O1. The van der Waals surface area contributed by atoms with Gasteiger partial charge >= 0.3 is 0 Å². The number of nitrogens with one attached hydrogen (secondary N) is 1. The Morgan fingerprint density at radius 2 is 2.38 bits per heavy atom. The van der Waals surface area contributed by atoms with E-state index in [-0.39, 0.29) is 12.0 Å². The molecule has 1 aliphatic heterocycles. The van der Waals surface area contributed by atoms with E-state index in [1.165, 1.54) is 0 Å². The summed E-state index contributed by atoms with van der Waals surface area (Å²) in [4.78, 5) is 0. The maximum Gasteiger partial charge on any atom is 0.161 e. The van der Waals surface area contributed by atoms with Crippen LogP contribution in [-0.4, -0.2) is 18.5 Å². The van der Waals surface area contributed by atoms with Crippen LogP contribution in [0.2, 0.25) is 0 Å². The Morgan fingerprint density at radius 3 is 2.50 bits per heavy atom. The fourth-order valence-electron chi connectivity index (χ4n) is 0.773. The summed E-state index contributed by atoms with van der Waals surface area (Å²) in [5.74, 6) is 0. The van der Waals surface area contributed by atoms with E-state index >= 15 is 0 Å². The topological polar surface area (TPSA) is 47.3 Å². The second-order valence-electron chi connectivity index (χ2n) is 2.68. The van der Waals surface area contributed by atoms with Crippen molar-refractivity contribution >= 4 is 0 Å². The quantitative estimate of drug-likeness (QED) is 0.454. The standard InChI is InChI=1S/C5H12N2O/c1-5(2)3-7-4(6)8-5/h4,7H,3,6H2,1-2H3. The molecule has 3 N–H and O–H groups in total. The van der Waals surface area contributed by atoms with Gasteiger partial charge < -0.3 is 4.74 Å². The van der Waals surface area contributed by atoms with Crippen molar-refractivity contribution in [3.63, 3.8) is 0 Å². The predicted octanol–water partition coefficient (Wildman–Crippen LogP) is -0.373. The van der Waals surface area contributed by atoms with Gasteiger partial charge in [0.2, 0.25) is 0 Å². The monoisotopic (exact) mass is 116 g/mol. The first-order chi connectivity index (χ1) is 3.60. The Labute approximate surface area is 49.2 Å². The Kier molecular flexibility index (Phi) is 1.27. The van der Waals surface area contributed by atoms with Crippen LogP contribution in [0.1, 0.15) is 13.8 Å². The molecule has 0 bridgehead atoms. The van der Waals surface area contributed by atoms with E-state index in [2.05, 4.69) is 5.32 Å². The highest BCUT2D eigenvalue weighted by Crippen LogP contribution is 2.13. The molecule has 0 radical (unpaired) electrons. The van der Waals surface area contributed by atoms with Gasteiger partial charge in [-0.1, -0.05) is 0 Å². The Hall–Kier alpha value is -0.120. The van der Waals surface area contributed by atoms with Crippen molar-refractivity contribution in [3.05, 3.63) is 0 Å². The first kappa shape index (κ1) is 6.01. The Balaban J connectivity index is 2.44. The van der Waals surface area contributed by atoms with Gasteiger partial charge in [-0.15, -0.1) is 0 Å². The summed E-state index contributed by atoms with van der Waals surface area (Å²) in [5.41, 5.74) is 5.31. The van der Waals surface area contributed by atoms with Gasteiger partial charge in [0.1, 0.15) is 0 Å². The maximum absolute atomic E-state index is 5.38. The lowest BCUT2D eigenvalue weighted by Gasteiger charge is -2.14. The van der Waals surface area contributed by atoms with Crippen molar-refractivity contribution in [2.45, 2.75) is 25.8 Å². The van der Waals surface area contributed by atoms with E-state index in [1.807, 2.05) is 13.8 Å². The fourth-order valence-corrected chi connectivity index (χ4v) is 0.773. The fraction of sp³-hybridized carbons (Fsp3) is 1.00. The zero-order chi connectivity index (χ0) is 6.20. The van der Waals surface area contributed by atoms with E-state index in [4.69, 9.17) is 10.5 Å². The highest BCUT2D eigenvalue weighted by molar-refractivity contribution is 4.78. The summed E-state index contributed by atoms with van der Waals surface area (Å²) in [7, 11) is 0. The van der Waals surface area contributed by atoms with Crippen LogP contribution >= 0.6 is 0 Å². The third-order valence-corrected chi connectivity index (χ3v) is 1.17. The third kappa shape index (κ3) is 1.18. The van der Waals surface area contributed by atoms with Crippen LogP contribution in [0.4, 0.5) is 0 Å². The molecular weight excluding hydrogens is 104 g/mol. The lowest BCUT2D eigenvalue weighted by atomic mass is 10.1. The van der Waals surface area contributed by atoms with E-state index < -0.39 is 0 Å². The molecule has 1 heterocycles. The van der Waals surface area contributed by atoms with Gasteiger partial charge in [0.15, 0.2) is 6.35 Å². The highest BCUT2D eigenvalue weighted by atomic mass is 16.5. The highest BCUT2D eigenvalue weighted by Gasteiger charge is 2.28. The summed E-state index contributed by atoms with van der Waals surface area (Å²) in [6, 6.07) is 0. The summed E-state index contributed by atoms with van der Waals surface area (Å²) in [6.07, 6.45) is -0.259. The van der Waals surface area contributed by atoms with Crippen molar-refractivity contribution in [1.29, 1.82) is 0 Å². The molecule has 1 fully saturated rings. The molecule has 3 nitrogen and oxygen atoms in total. The van der Waals surface area contributed by atoms with Crippen LogP contribution in [0.5, 0.6) is 0 Å². The van der Waals surface area contributed by atoms with Gasteiger partial charge in [-0.2, -0.15) is 0 Å².